The van der Waals surface area contributed by atoms with Gasteiger partial charge in [-0.3, -0.25) is 0 Å². The summed E-state index contributed by atoms with van der Waals surface area (Å²) in [5, 5.41) is 11.8. The quantitative estimate of drug-likeness (QED) is 0.901. The van der Waals surface area contributed by atoms with Crippen molar-refractivity contribution >= 4 is 11.9 Å². The van der Waals surface area contributed by atoms with E-state index in [4.69, 9.17) is 10.00 Å². The molecule has 0 saturated carbocycles. The number of amides is 1. The van der Waals surface area contributed by atoms with Crippen LogP contribution in [0.3, 0.4) is 0 Å². The summed E-state index contributed by atoms with van der Waals surface area (Å²) in [7, 11) is 0. The molecule has 6 heteroatoms. The molecule has 0 aromatic carbocycles. The lowest BCUT2D eigenvalue weighted by molar-refractivity contribution is 0.0509. The van der Waals surface area contributed by atoms with Crippen LogP contribution in [0.1, 0.15) is 32.8 Å². The first-order valence-electron chi connectivity index (χ1n) is 6.98. The fourth-order valence-electron chi connectivity index (χ4n) is 2.22. The zero-order chi connectivity index (χ0) is 15.5. The minimum absolute atomic E-state index is 0.0346. The first-order valence-corrected chi connectivity index (χ1v) is 6.98. The Bertz CT molecular complexity index is 560. The SMILES string of the molecule is CC(C)(C)OC(=O)NC1CCN(c2cc(C#N)ccn2)C1. The van der Waals surface area contributed by atoms with Gasteiger partial charge in [0.1, 0.15) is 11.4 Å². The Morgan fingerprint density at radius 1 is 1.57 bits per heavy atom. The van der Waals surface area contributed by atoms with E-state index < -0.39 is 11.7 Å². The van der Waals surface area contributed by atoms with Gasteiger partial charge in [0.05, 0.1) is 17.7 Å². The maximum Gasteiger partial charge on any atom is 0.407 e. The third-order valence-corrected chi connectivity index (χ3v) is 3.11. The molecule has 2 heterocycles. The number of alkyl carbamates (subject to hydrolysis) is 1. The summed E-state index contributed by atoms with van der Waals surface area (Å²) in [6, 6.07) is 5.57. The highest BCUT2D eigenvalue weighted by Gasteiger charge is 2.26. The molecule has 1 aromatic heterocycles. The summed E-state index contributed by atoms with van der Waals surface area (Å²) in [5.41, 5.74) is 0.0916. The molecule has 0 bridgehead atoms. The Morgan fingerprint density at radius 2 is 2.33 bits per heavy atom. The Hall–Kier alpha value is -2.29. The molecule has 1 aliphatic heterocycles. The minimum Gasteiger partial charge on any atom is -0.444 e. The third-order valence-electron chi connectivity index (χ3n) is 3.11. The van der Waals surface area contributed by atoms with Crippen molar-refractivity contribution in [2.24, 2.45) is 0 Å². The van der Waals surface area contributed by atoms with Crippen LogP contribution in [0.15, 0.2) is 18.3 Å². The van der Waals surface area contributed by atoms with Gasteiger partial charge in [0.25, 0.3) is 0 Å². The molecule has 1 unspecified atom stereocenters. The van der Waals surface area contributed by atoms with Crippen molar-refractivity contribution < 1.29 is 9.53 Å². The summed E-state index contributed by atoms with van der Waals surface area (Å²) < 4.78 is 5.25. The topological polar surface area (TPSA) is 78.2 Å². The molecule has 1 fully saturated rings. The standard InChI is InChI=1S/C15H20N4O2/c1-15(2,3)21-14(20)18-12-5-7-19(10-12)13-8-11(9-16)4-6-17-13/h4,6,8,12H,5,7,10H2,1-3H3,(H,18,20). The summed E-state index contributed by atoms with van der Waals surface area (Å²) in [4.78, 5) is 18.1. The molecule has 1 aliphatic rings. The molecule has 0 spiro atoms. The zero-order valence-electron chi connectivity index (χ0n) is 12.6. The van der Waals surface area contributed by atoms with Gasteiger partial charge in [-0.2, -0.15) is 5.26 Å². The van der Waals surface area contributed by atoms with E-state index in [1.165, 1.54) is 0 Å². The molecular weight excluding hydrogens is 268 g/mol. The minimum atomic E-state index is -0.495. The maximum absolute atomic E-state index is 11.7. The van der Waals surface area contributed by atoms with Gasteiger partial charge in [-0.25, -0.2) is 9.78 Å². The van der Waals surface area contributed by atoms with E-state index in [0.29, 0.717) is 12.1 Å². The molecule has 0 radical (unpaired) electrons. The molecule has 1 amide bonds. The number of nitriles is 1. The summed E-state index contributed by atoms with van der Waals surface area (Å²) in [6.07, 6.45) is 2.06. The van der Waals surface area contributed by atoms with Crippen molar-refractivity contribution in [3.63, 3.8) is 0 Å². The van der Waals surface area contributed by atoms with Crippen LogP contribution in [0.4, 0.5) is 10.6 Å². The number of ether oxygens (including phenoxy) is 1. The zero-order valence-corrected chi connectivity index (χ0v) is 12.6. The highest BCUT2D eigenvalue weighted by atomic mass is 16.6. The second-order valence-corrected chi connectivity index (χ2v) is 6.09. The Morgan fingerprint density at radius 3 is 3.00 bits per heavy atom. The normalized spacial score (nSPS) is 18.2. The molecule has 21 heavy (non-hydrogen) atoms. The Kier molecular flexibility index (Phi) is 4.32. The second-order valence-electron chi connectivity index (χ2n) is 6.09. The van der Waals surface area contributed by atoms with Crippen molar-refractivity contribution in [3.05, 3.63) is 23.9 Å². The first-order chi connectivity index (χ1) is 9.87. The smallest absolute Gasteiger partial charge is 0.407 e. The number of hydrogen-bond acceptors (Lipinski definition) is 5. The summed E-state index contributed by atoms with van der Waals surface area (Å²) in [5.74, 6) is 0.766. The molecular formula is C15H20N4O2. The fourth-order valence-corrected chi connectivity index (χ4v) is 2.22. The molecule has 6 nitrogen and oxygen atoms in total. The monoisotopic (exact) mass is 288 g/mol. The molecule has 1 N–H and O–H groups in total. The van der Waals surface area contributed by atoms with Crippen LogP contribution in [0.25, 0.3) is 0 Å². The Balaban J connectivity index is 1.92. The van der Waals surface area contributed by atoms with Crippen LogP contribution in [-0.4, -0.2) is 35.8 Å². The largest absolute Gasteiger partial charge is 0.444 e. The number of pyridine rings is 1. The molecule has 112 valence electrons. The molecule has 1 aromatic rings. The van der Waals surface area contributed by atoms with Gasteiger partial charge in [0, 0.05) is 19.3 Å². The summed E-state index contributed by atoms with van der Waals surface area (Å²) >= 11 is 0. The lowest BCUT2D eigenvalue weighted by atomic mass is 10.2. The predicted octanol–water partition coefficient (Wildman–Crippen LogP) is 2.06. The van der Waals surface area contributed by atoms with Crippen molar-refractivity contribution in [3.8, 4) is 6.07 Å². The number of rotatable bonds is 2. The van der Waals surface area contributed by atoms with E-state index in [1.54, 1.807) is 18.3 Å². The van der Waals surface area contributed by atoms with Crippen LogP contribution in [0.5, 0.6) is 0 Å². The van der Waals surface area contributed by atoms with E-state index in [2.05, 4.69) is 21.3 Å². The highest BCUT2D eigenvalue weighted by molar-refractivity contribution is 5.68. The van der Waals surface area contributed by atoms with Gasteiger partial charge < -0.3 is 15.0 Å². The van der Waals surface area contributed by atoms with E-state index >= 15 is 0 Å². The average molecular weight is 288 g/mol. The molecule has 1 saturated heterocycles. The van der Waals surface area contributed by atoms with Gasteiger partial charge in [-0.1, -0.05) is 0 Å². The van der Waals surface area contributed by atoms with Crippen LogP contribution in [0.2, 0.25) is 0 Å². The third kappa shape index (κ3) is 4.35. The van der Waals surface area contributed by atoms with Gasteiger partial charge in [-0.15, -0.1) is 0 Å². The molecule has 1 atom stereocenters. The van der Waals surface area contributed by atoms with E-state index in [9.17, 15) is 4.79 Å². The number of aromatic nitrogens is 1. The first kappa shape index (κ1) is 15.1. The lowest BCUT2D eigenvalue weighted by Crippen LogP contribution is -2.40. The van der Waals surface area contributed by atoms with E-state index in [1.807, 2.05) is 20.8 Å². The number of anilines is 1. The van der Waals surface area contributed by atoms with E-state index in [0.717, 1.165) is 18.8 Å². The van der Waals surface area contributed by atoms with Crippen molar-refractivity contribution in [1.29, 1.82) is 5.26 Å². The lowest BCUT2D eigenvalue weighted by Gasteiger charge is -2.22. The molecule has 2 rings (SSSR count). The molecule has 0 aliphatic carbocycles. The number of carbonyl (C=O) groups excluding carboxylic acids is 1. The highest BCUT2D eigenvalue weighted by Crippen LogP contribution is 2.19. The summed E-state index contributed by atoms with van der Waals surface area (Å²) in [6.45, 7) is 6.98. The Labute approximate surface area is 124 Å². The average Bonchev–Trinajstić information content (AvgIpc) is 2.85. The maximum atomic E-state index is 11.7. The van der Waals surface area contributed by atoms with Gasteiger partial charge in [-0.05, 0) is 39.3 Å². The number of carbonyl (C=O) groups is 1. The fraction of sp³-hybridized carbons (Fsp3) is 0.533. The van der Waals surface area contributed by atoms with Crippen LogP contribution in [-0.2, 0) is 4.74 Å². The van der Waals surface area contributed by atoms with Crippen LogP contribution >= 0.6 is 0 Å². The van der Waals surface area contributed by atoms with Crippen LogP contribution in [0, 0.1) is 11.3 Å². The predicted molar refractivity (Wildman–Crippen MR) is 78.9 cm³/mol. The van der Waals surface area contributed by atoms with Gasteiger partial charge in [0.2, 0.25) is 0 Å². The van der Waals surface area contributed by atoms with Crippen molar-refractivity contribution in [1.82, 2.24) is 10.3 Å². The van der Waals surface area contributed by atoms with Crippen LogP contribution < -0.4 is 10.2 Å². The van der Waals surface area contributed by atoms with Gasteiger partial charge >= 0.3 is 6.09 Å². The van der Waals surface area contributed by atoms with Crippen molar-refractivity contribution in [2.45, 2.75) is 38.8 Å². The number of nitrogens with one attached hydrogen (secondary N) is 1. The second kappa shape index (κ2) is 6.00. The number of nitrogens with zero attached hydrogens (tertiary/aromatic N) is 3. The van der Waals surface area contributed by atoms with E-state index in [-0.39, 0.29) is 6.04 Å². The van der Waals surface area contributed by atoms with Crippen molar-refractivity contribution in [2.75, 3.05) is 18.0 Å². The van der Waals surface area contributed by atoms with Gasteiger partial charge in [0.15, 0.2) is 0 Å². The number of hydrogen-bond donors (Lipinski definition) is 1.